The van der Waals surface area contributed by atoms with E-state index < -0.39 is 0 Å². The second-order valence-corrected chi connectivity index (χ2v) is 9.56. The Labute approximate surface area is 229 Å². The van der Waals surface area contributed by atoms with Crippen molar-refractivity contribution in [3.05, 3.63) is 102 Å². The molecule has 1 N–H and O–H groups in total. The number of rotatable bonds is 12. The molecule has 0 aliphatic rings. The maximum absolute atomic E-state index is 13.7. The molecule has 0 spiro atoms. The van der Waals surface area contributed by atoms with Crippen LogP contribution in [0, 0.1) is 5.82 Å². The van der Waals surface area contributed by atoms with E-state index in [9.17, 15) is 14.0 Å². The number of halogens is 1. The van der Waals surface area contributed by atoms with Crippen molar-refractivity contribution < 1.29 is 14.0 Å². The molecule has 0 bridgehead atoms. The van der Waals surface area contributed by atoms with Gasteiger partial charge >= 0.3 is 0 Å². The molecule has 4 rings (SSSR count). The highest BCUT2D eigenvalue weighted by atomic mass is 19.1. The highest BCUT2D eigenvalue weighted by Gasteiger charge is 2.26. The molecule has 0 aliphatic heterocycles. The molecular formula is C32H35FN4O2. The first-order valence-corrected chi connectivity index (χ1v) is 13.5. The number of amides is 2. The Balaban J connectivity index is 1.59. The van der Waals surface area contributed by atoms with Gasteiger partial charge in [-0.15, -0.1) is 0 Å². The first-order chi connectivity index (χ1) is 19.0. The third kappa shape index (κ3) is 7.19. The quantitative estimate of drug-likeness (QED) is 0.206. The summed E-state index contributed by atoms with van der Waals surface area (Å²) in [5.41, 5.74) is 3.12. The van der Waals surface area contributed by atoms with E-state index in [1.54, 1.807) is 27.8 Å². The summed E-state index contributed by atoms with van der Waals surface area (Å²) in [4.78, 5) is 28.7. The molecule has 3 aromatic carbocycles. The lowest BCUT2D eigenvalue weighted by atomic mass is 9.95. The summed E-state index contributed by atoms with van der Waals surface area (Å²) in [6.07, 6.45) is 3.47. The topological polar surface area (TPSA) is 67.2 Å². The van der Waals surface area contributed by atoms with Gasteiger partial charge in [0.15, 0.2) is 0 Å². The SMILES string of the molecule is CCCCCN(CC(=O)Nc1cc(-c2ccccc2)nn1-c1ccc(F)cc1)C(=O)[C@H](CC)c1ccccc1. The number of carbonyl (C=O) groups is 2. The molecular weight excluding hydrogens is 491 g/mol. The number of benzene rings is 3. The first-order valence-electron chi connectivity index (χ1n) is 13.5. The Hall–Kier alpha value is -4.26. The average Bonchev–Trinajstić information content (AvgIpc) is 3.38. The van der Waals surface area contributed by atoms with Crippen molar-refractivity contribution in [2.45, 2.75) is 45.4 Å². The van der Waals surface area contributed by atoms with E-state index in [1.165, 1.54) is 12.1 Å². The third-order valence-electron chi connectivity index (χ3n) is 6.70. The molecule has 4 aromatic rings. The van der Waals surface area contributed by atoms with Crippen LogP contribution in [-0.4, -0.2) is 39.6 Å². The second kappa shape index (κ2) is 13.5. The lowest BCUT2D eigenvalue weighted by molar-refractivity contribution is -0.136. The summed E-state index contributed by atoms with van der Waals surface area (Å²) >= 11 is 0. The number of anilines is 1. The van der Waals surface area contributed by atoms with Crippen molar-refractivity contribution >= 4 is 17.6 Å². The number of nitrogens with one attached hydrogen (secondary N) is 1. The Bertz CT molecular complexity index is 1350. The van der Waals surface area contributed by atoms with Crippen LogP contribution in [0.4, 0.5) is 10.2 Å². The van der Waals surface area contributed by atoms with Gasteiger partial charge in [0.25, 0.3) is 0 Å². The molecule has 39 heavy (non-hydrogen) atoms. The van der Waals surface area contributed by atoms with Crippen LogP contribution in [0.1, 0.15) is 51.0 Å². The fourth-order valence-electron chi connectivity index (χ4n) is 4.63. The summed E-state index contributed by atoms with van der Waals surface area (Å²) in [6.45, 7) is 4.54. The molecule has 1 aromatic heterocycles. The van der Waals surface area contributed by atoms with Crippen LogP contribution < -0.4 is 5.32 Å². The lowest BCUT2D eigenvalue weighted by Gasteiger charge is -2.27. The smallest absolute Gasteiger partial charge is 0.245 e. The van der Waals surface area contributed by atoms with E-state index >= 15 is 0 Å². The number of carbonyl (C=O) groups excluding carboxylic acids is 2. The number of hydrogen-bond donors (Lipinski definition) is 1. The number of nitrogens with zero attached hydrogens (tertiary/aromatic N) is 3. The fourth-order valence-corrected chi connectivity index (χ4v) is 4.63. The van der Waals surface area contributed by atoms with Crippen molar-refractivity contribution in [3.63, 3.8) is 0 Å². The monoisotopic (exact) mass is 526 g/mol. The molecule has 0 unspecified atom stereocenters. The average molecular weight is 527 g/mol. The van der Waals surface area contributed by atoms with Gasteiger partial charge in [-0.3, -0.25) is 9.59 Å². The summed E-state index contributed by atoms with van der Waals surface area (Å²) in [7, 11) is 0. The molecule has 2 amide bonds. The van der Waals surface area contributed by atoms with Gasteiger partial charge in [-0.1, -0.05) is 87.4 Å². The van der Waals surface area contributed by atoms with Gasteiger partial charge in [-0.25, -0.2) is 9.07 Å². The van der Waals surface area contributed by atoms with Crippen molar-refractivity contribution in [2.24, 2.45) is 0 Å². The molecule has 0 fully saturated rings. The number of aromatic nitrogens is 2. The zero-order chi connectivity index (χ0) is 27.6. The maximum atomic E-state index is 13.7. The minimum Gasteiger partial charge on any atom is -0.333 e. The van der Waals surface area contributed by atoms with Crippen molar-refractivity contribution in [1.29, 1.82) is 0 Å². The molecule has 0 radical (unpaired) electrons. The molecule has 1 heterocycles. The van der Waals surface area contributed by atoms with Gasteiger partial charge in [0.2, 0.25) is 11.8 Å². The van der Waals surface area contributed by atoms with Crippen molar-refractivity contribution in [1.82, 2.24) is 14.7 Å². The predicted octanol–water partition coefficient (Wildman–Crippen LogP) is 6.83. The zero-order valence-corrected chi connectivity index (χ0v) is 22.5. The van der Waals surface area contributed by atoms with Gasteiger partial charge < -0.3 is 10.2 Å². The van der Waals surface area contributed by atoms with E-state index in [2.05, 4.69) is 17.3 Å². The Morgan fingerprint density at radius 2 is 1.59 bits per heavy atom. The van der Waals surface area contributed by atoms with Crippen molar-refractivity contribution in [3.8, 4) is 16.9 Å². The highest BCUT2D eigenvalue weighted by molar-refractivity contribution is 5.95. The second-order valence-electron chi connectivity index (χ2n) is 9.56. The zero-order valence-electron chi connectivity index (χ0n) is 22.5. The van der Waals surface area contributed by atoms with Gasteiger partial charge in [0, 0.05) is 18.2 Å². The van der Waals surface area contributed by atoms with E-state index in [-0.39, 0.29) is 30.1 Å². The largest absolute Gasteiger partial charge is 0.333 e. The molecule has 7 heteroatoms. The van der Waals surface area contributed by atoms with E-state index in [4.69, 9.17) is 0 Å². The van der Waals surface area contributed by atoms with Crippen LogP contribution in [0.3, 0.4) is 0 Å². The summed E-state index contributed by atoms with van der Waals surface area (Å²) < 4.78 is 15.2. The molecule has 0 saturated heterocycles. The van der Waals surface area contributed by atoms with Crippen LogP contribution in [-0.2, 0) is 9.59 Å². The van der Waals surface area contributed by atoms with Crippen LogP contribution >= 0.6 is 0 Å². The van der Waals surface area contributed by atoms with Gasteiger partial charge in [-0.2, -0.15) is 5.10 Å². The summed E-state index contributed by atoms with van der Waals surface area (Å²) in [6, 6.07) is 27.1. The lowest BCUT2D eigenvalue weighted by Crippen LogP contribution is -2.41. The minimum atomic E-state index is -0.357. The van der Waals surface area contributed by atoms with Crippen LogP contribution in [0.2, 0.25) is 0 Å². The fraction of sp³-hybridized carbons (Fsp3) is 0.281. The number of hydrogen-bond acceptors (Lipinski definition) is 3. The van der Waals surface area contributed by atoms with E-state index in [1.807, 2.05) is 67.6 Å². The van der Waals surface area contributed by atoms with Gasteiger partial charge in [0.05, 0.1) is 23.8 Å². The van der Waals surface area contributed by atoms with E-state index in [0.29, 0.717) is 30.2 Å². The van der Waals surface area contributed by atoms with Crippen LogP contribution in [0.15, 0.2) is 91.0 Å². The molecule has 6 nitrogen and oxygen atoms in total. The Morgan fingerprint density at radius 3 is 2.23 bits per heavy atom. The summed E-state index contributed by atoms with van der Waals surface area (Å²) in [5.74, 6) is -0.584. The van der Waals surface area contributed by atoms with Crippen LogP contribution in [0.5, 0.6) is 0 Å². The standard InChI is InChI=1S/C32H35FN4O2/c1-3-5-12-21-36(32(39)28(4-2)24-13-8-6-9-14-24)23-31(38)34-30-22-29(25-15-10-7-11-16-25)35-37(30)27-19-17-26(33)18-20-27/h6-11,13-20,22,28H,3-5,12,21,23H2,1-2H3,(H,34,38)/t28-/m1/s1. The van der Waals surface area contributed by atoms with Gasteiger partial charge in [-0.05, 0) is 42.7 Å². The Kier molecular flexibility index (Phi) is 9.62. The molecule has 1 atom stereocenters. The molecule has 0 saturated carbocycles. The minimum absolute atomic E-state index is 0.0491. The molecule has 202 valence electrons. The normalized spacial score (nSPS) is 11.7. The highest BCUT2D eigenvalue weighted by Crippen LogP contribution is 2.26. The summed E-state index contributed by atoms with van der Waals surface area (Å²) in [5, 5.41) is 7.65. The predicted molar refractivity (Wildman–Crippen MR) is 153 cm³/mol. The Morgan fingerprint density at radius 1 is 0.923 bits per heavy atom. The third-order valence-corrected chi connectivity index (χ3v) is 6.70. The van der Waals surface area contributed by atoms with Gasteiger partial charge in [0.1, 0.15) is 11.6 Å². The van der Waals surface area contributed by atoms with Crippen LogP contribution in [0.25, 0.3) is 16.9 Å². The maximum Gasteiger partial charge on any atom is 0.245 e. The van der Waals surface area contributed by atoms with Crippen molar-refractivity contribution in [2.75, 3.05) is 18.4 Å². The first kappa shape index (κ1) is 27.8. The van der Waals surface area contributed by atoms with E-state index in [0.717, 1.165) is 30.4 Å². The number of unbranched alkanes of at least 4 members (excludes halogenated alkanes) is 2. The molecule has 0 aliphatic carbocycles.